The molecule has 1 aliphatic rings. The van der Waals surface area contributed by atoms with Gasteiger partial charge in [0.15, 0.2) is 0 Å². The van der Waals surface area contributed by atoms with Gasteiger partial charge in [0.25, 0.3) is 0 Å². The van der Waals surface area contributed by atoms with E-state index in [1.165, 1.54) is 11.8 Å². The van der Waals surface area contributed by atoms with Crippen LogP contribution < -0.4 is 5.32 Å². The molecule has 0 saturated carbocycles. The van der Waals surface area contributed by atoms with Crippen LogP contribution in [0.2, 0.25) is 0 Å². The molecule has 0 bridgehead atoms. The van der Waals surface area contributed by atoms with E-state index in [0.717, 1.165) is 11.1 Å². The summed E-state index contributed by atoms with van der Waals surface area (Å²) in [6.07, 6.45) is 3.68. The molecule has 0 aliphatic carbocycles. The molecule has 3 amide bonds. The first-order chi connectivity index (χ1) is 10.9. The maximum Gasteiger partial charge on any atom is 0.241 e. The van der Waals surface area contributed by atoms with E-state index < -0.39 is 0 Å². The summed E-state index contributed by atoms with van der Waals surface area (Å²) in [5, 5.41) is 2.61. The Bertz CT molecular complexity index is 652. The number of fused-ring (bicyclic) bond motifs is 1. The fourth-order valence-corrected chi connectivity index (χ4v) is 2.49. The average molecular weight is 315 g/mol. The van der Waals surface area contributed by atoms with Crippen LogP contribution in [0.1, 0.15) is 30.5 Å². The molecule has 0 aromatic heterocycles. The molecule has 1 atom stereocenters. The van der Waals surface area contributed by atoms with Gasteiger partial charge in [0.05, 0.1) is 19.0 Å². The molecule has 2 rings (SSSR count). The molecule has 1 aromatic rings. The predicted molar refractivity (Wildman–Crippen MR) is 87.1 cm³/mol. The van der Waals surface area contributed by atoms with Crippen molar-refractivity contribution >= 4 is 23.8 Å². The lowest BCUT2D eigenvalue weighted by Crippen LogP contribution is -2.39. The highest BCUT2D eigenvalue weighted by Gasteiger charge is 2.28. The van der Waals surface area contributed by atoms with Crippen LogP contribution in [0.5, 0.6) is 0 Å². The molecular formula is C17H21N3O3. The highest BCUT2D eigenvalue weighted by atomic mass is 16.2. The lowest BCUT2D eigenvalue weighted by Gasteiger charge is -2.32. The standard InChI is InChI=1S/C17H21N3O3/c1-12(21)20-9-8-13-6-4-5-7-14(13)15(20)10-16(22)18-11-17(23)19(2)3/h4-9,15H,10-11H2,1-3H3,(H,18,22)/t15-/m1/s1. The number of nitrogens with one attached hydrogen (secondary N) is 1. The van der Waals surface area contributed by atoms with Crippen molar-refractivity contribution in [1.29, 1.82) is 0 Å². The number of likely N-dealkylation sites (N-methyl/N-ethyl adjacent to an activating group) is 1. The number of amides is 3. The van der Waals surface area contributed by atoms with E-state index >= 15 is 0 Å². The minimum absolute atomic E-state index is 0.0455. The van der Waals surface area contributed by atoms with E-state index in [2.05, 4.69) is 5.32 Å². The first kappa shape index (κ1) is 16.7. The van der Waals surface area contributed by atoms with Gasteiger partial charge in [-0.3, -0.25) is 14.4 Å². The van der Waals surface area contributed by atoms with Gasteiger partial charge in [-0.25, -0.2) is 0 Å². The topological polar surface area (TPSA) is 69.7 Å². The second kappa shape index (κ2) is 7.09. The van der Waals surface area contributed by atoms with E-state index in [9.17, 15) is 14.4 Å². The Morgan fingerprint density at radius 3 is 2.57 bits per heavy atom. The Balaban J connectivity index is 2.12. The molecule has 0 radical (unpaired) electrons. The van der Waals surface area contributed by atoms with Crippen molar-refractivity contribution < 1.29 is 14.4 Å². The number of nitrogens with zero attached hydrogens (tertiary/aromatic N) is 2. The molecular weight excluding hydrogens is 294 g/mol. The normalized spacial score (nSPS) is 15.8. The van der Waals surface area contributed by atoms with Gasteiger partial charge in [-0.2, -0.15) is 0 Å². The third-order valence-corrected chi connectivity index (χ3v) is 3.78. The average Bonchev–Trinajstić information content (AvgIpc) is 2.52. The Morgan fingerprint density at radius 1 is 1.22 bits per heavy atom. The fourth-order valence-electron chi connectivity index (χ4n) is 2.49. The van der Waals surface area contributed by atoms with Gasteiger partial charge in [-0.15, -0.1) is 0 Å². The zero-order valence-corrected chi connectivity index (χ0v) is 13.6. The monoisotopic (exact) mass is 315 g/mol. The molecule has 0 fully saturated rings. The highest BCUT2D eigenvalue weighted by Crippen LogP contribution is 2.32. The molecule has 122 valence electrons. The van der Waals surface area contributed by atoms with Crippen LogP contribution in [-0.4, -0.2) is 48.2 Å². The first-order valence-electron chi connectivity index (χ1n) is 7.43. The lowest BCUT2D eigenvalue weighted by atomic mass is 9.93. The molecule has 1 heterocycles. The minimum atomic E-state index is -0.358. The Kier molecular flexibility index (Phi) is 5.16. The van der Waals surface area contributed by atoms with Crippen molar-refractivity contribution in [3.8, 4) is 0 Å². The van der Waals surface area contributed by atoms with Crippen molar-refractivity contribution in [3.63, 3.8) is 0 Å². The van der Waals surface area contributed by atoms with Crippen LogP contribution in [0.3, 0.4) is 0 Å². The summed E-state index contributed by atoms with van der Waals surface area (Å²) < 4.78 is 0. The van der Waals surface area contributed by atoms with Crippen LogP contribution in [0.15, 0.2) is 30.5 Å². The fraction of sp³-hybridized carbons (Fsp3) is 0.353. The summed E-state index contributed by atoms with van der Waals surface area (Å²) in [6, 6.07) is 7.31. The molecule has 1 aromatic carbocycles. The number of carbonyl (C=O) groups is 3. The number of rotatable bonds is 4. The minimum Gasteiger partial charge on any atom is -0.347 e. The Morgan fingerprint density at radius 2 is 1.91 bits per heavy atom. The second-order valence-electron chi connectivity index (χ2n) is 5.66. The van der Waals surface area contributed by atoms with Crippen LogP contribution in [0, 0.1) is 0 Å². The SMILES string of the molecule is CC(=O)N1C=Cc2ccccc2[C@H]1CC(=O)NCC(=O)N(C)C. The van der Waals surface area contributed by atoms with Crippen LogP contribution in [0.4, 0.5) is 0 Å². The molecule has 1 aliphatic heterocycles. The van der Waals surface area contributed by atoms with E-state index in [4.69, 9.17) is 0 Å². The summed E-state index contributed by atoms with van der Waals surface area (Å²) in [5.41, 5.74) is 1.92. The van der Waals surface area contributed by atoms with Gasteiger partial charge >= 0.3 is 0 Å². The van der Waals surface area contributed by atoms with E-state index in [-0.39, 0.29) is 36.7 Å². The number of hydrogen-bond acceptors (Lipinski definition) is 3. The van der Waals surface area contributed by atoms with E-state index in [0.29, 0.717) is 0 Å². The largest absolute Gasteiger partial charge is 0.347 e. The molecule has 6 heteroatoms. The number of hydrogen-bond donors (Lipinski definition) is 1. The molecule has 0 unspecified atom stereocenters. The summed E-state index contributed by atoms with van der Waals surface area (Å²) >= 11 is 0. The summed E-state index contributed by atoms with van der Waals surface area (Å²) in [6.45, 7) is 1.43. The highest BCUT2D eigenvalue weighted by molar-refractivity contribution is 5.86. The van der Waals surface area contributed by atoms with Crippen molar-refractivity contribution in [1.82, 2.24) is 15.1 Å². The predicted octanol–water partition coefficient (Wildman–Crippen LogP) is 1.15. The van der Waals surface area contributed by atoms with Crippen molar-refractivity contribution in [2.24, 2.45) is 0 Å². The zero-order chi connectivity index (χ0) is 17.0. The quantitative estimate of drug-likeness (QED) is 0.906. The van der Waals surface area contributed by atoms with Gasteiger partial charge < -0.3 is 15.1 Å². The summed E-state index contributed by atoms with van der Waals surface area (Å²) in [5.74, 6) is -0.565. The summed E-state index contributed by atoms with van der Waals surface area (Å²) in [7, 11) is 3.27. The number of benzene rings is 1. The molecule has 0 spiro atoms. The van der Waals surface area contributed by atoms with Crippen LogP contribution in [-0.2, 0) is 14.4 Å². The van der Waals surface area contributed by atoms with Gasteiger partial charge in [-0.05, 0) is 17.2 Å². The molecule has 1 N–H and O–H groups in total. The first-order valence-corrected chi connectivity index (χ1v) is 7.43. The smallest absolute Gasteiger partial charge is 0.241 e. The van der Waals surface area contributed by atoms with Gasteiger partial charge in [0, 0.05) is 27.2 Å². The van der Waals surface area contributed by atoms with Crippen molar-refractivity contribution in [3.05, 3.63) is 41.6 Å². The van der Waals surface area contributed by atoms with E-state index in [1.54, 1.807) is 25.2 Å². The second-order valence-corrected chi connectivity index (χ2v) is 5.66. The lowest BCUT2D eigenvalue weighted by molar-refractivity contribution is -0.133. The van der Waals surface area contributed by atoms with Gasteiger partial charge in [0.1, 0.15) is 0 Å². The molecule has 6 nitrogen and oxygen atoms in total. The number of carbonyl (C=O) groups excluding carboxylic acids is 3. The van der Waals surface area contributed by atoms with Crippen molar-refractivity contribution in [2.75, 3.05) is 20.6 Å². The molecule has 23 heavy (non-hydrogen) atoms. The summed E-state index contributed by atoms with van der Waals surface area (Å²) in [4.78, 5) is 38.5. The van der Waals surface area contributed by atoms with Gasteiger partial charge in [-0.1, -0.05) is 24.3 Å². The Hall–Kier alpha value is -2.63. The van der Waals surface area contributed by atoms with Crippen LogP contribution >= 0.6 is 0 Å². The molecule has 0 saturated heterocycles. The third-order valence-electron chi connectivity index (χ3n) is 3.78. The third kappa shape index (κ3) is 3.97. The Labute approximate surface area is 135 Å². The maximum absolute atomic E-state index is 12.2. The zero-order valence-electron chi connectivity index (χ0n) is 13.6. The van der Waals surface area contributed by atoms with E-state index in [1.807, 2.05) is 30.3 Å². The van der Waals surface area contributed by atoms with Crippen LogP contribution in [0.25, 0.3) is 6.08 Å². The van der Waals surface area contributed by atoms with Gasteiger partial charge in [0.2, 0.25) is 17.7 Å². The maximum atomic E-state index is 12.2. The van der Waals surface area contributed by atoms with Crippen molar-refractivity contribution in [2.45, 2.75) is 19.4 Å².